The first-order chi connectivity index (χ1) is 9.90. The number of benzene rings is 1. The van der Waals surface area contributed by atoms with Gasteiger partial charge in [-0.05, 0) is 12.1 Å². The smallest absolute Gasteiger partial charge is 0.304 e. The van der Waals surface area contributed by atoms with Gasteiger partial charge in [-0.2, -0.15) is 11.8 Å². The Balaban J connectivity index is 2.07. The van der Waals surface area contributed by atoms with Gasteiger partial charge < -0.3 is 10.0 Å². The molecule has 2 rings (SSSR count). The van der Waals surface area contributed by atoms with E-state index in [1.54, 1.807) is 12.1 Å². The van der Waals surface area contributed by atoms with Gasteiger partial charge in [0.2, 0.25) is 0 Å². The van der Waals surface area contributed by atoms with Crippen LogP contribution < -0.4 is 4.90 Å². The van der Waals surface area contributed by atoms with Gasteiger partial charge in [-0.15, -0.1) is 0 Å². The third-order valence-electron chi connectivity index (χ3n) is 3.01. The minimum Gasteiger partial charge on any atom is -0.481 e. The molecule has 1 heterocycles. The summed E-state index contributed by atoms with van der Waals surface area (Å²) in [6, 6.07) is 3.56. The zero-order valence-corrected chi connectivity index (χ0v) is 13.8. The van der Waals surface area contributed by atoms with E-state index in [1.165, 1.54) is 23.5 Å². The molecule has 0 saturated carbocycles. The van der Waals surface area contributed by atoms with E-state index in [0.29, 0.717) is 16.3 Å². The molecule has 1 aromatic carbocycles. The average Bonchev–Trinajstić information content (AvgIpc) is 2.69. The van der Waals surface area contributed by atoms with Crippen molar-refractivity contribution in [2.75, 3.05) is 23.5 Å². The summed E-state index contributed by atoms with van der Waals surface area (Å²) in [5, 5.41) is 9.87. The van der Waals surface area contributed by atoms with Crippen molar-refractivity contribution in [3.8, 4) is 0 Å². The predicted molar refractivity (Wildman–Crippen MR) is 88.8 cm³/mol. The molecular formula is C14H14ClNO3S2. The number of halogens is 1. The molecule has 0 amide bonds. The Morgan fingerprint density at radius 3 is 2.86 bits per heavy atom. The highest BCUT2D eigenvalue weighted by Crippen LogP contribution is 2.46. The molecule has 0 atom stereocenters. The number of hydrogen-bond acceptors (Lipinski definition) is 5. The quantitative estimate of drug-likeness (QED) is 0.627. The van der Waals surface area contributed by atoms with Crippen LogP contribution in [0.5, 0.6) is 0 Å². The minimum absolute atomic E-state index is 0.0519. The summed E-state index contributed by atoms with van der Waals surface area (Å²) < 4.78 is 0. The molecule has 21 heavy (non-hydrogen) atoms. The Labute approximate surface area is 136 Å². The summed E-state index contributed by atoms with van der Waals surface area (Å²) in [6.07, 6.45) is 0.0519. The molecule has 1 N–H and O–H groups in total. The topological polar surface area (TPSA) is 57.6 Å². The number of anilines is 1. The van der Waals surface area contributed by atoms with E-state index in [4.69, 9.17) is 16.7 Å². The number of ketones is 1. The first-order valence-corrected chi connectivity index (χ1v) is 8.52. The number of carboxylic acid groups (broad SMARTS) is 1. The number of carboxylic acids is 1. The summed E-state index contributed by atoms with van der Waals surface area (Å²) in [6.45, 7) is 3.93. The van der Waals surface area contributed by atoms with Crippen molar-refractivity contribution in [2.45, 2.75) is 11.3 Å². The number of nitrogens with zero attached hydrogens (tertiary/aromatic N) is 1. The number of rotatable bonds is 6. The van der Waals surface area contributed by atoms with Crippen LogP contribution >= 0.6 is 35.1 Å². The van der Waals surface area contributed by atoms with Crippen LogP contribution in [0.4, 0.5) is 5.69 Å². The van der Waals surface area contributed by atoms with Crippen molar-refractivity contribution in [3.63, 3.8) is 0 Å². The standard InChI is InChI=1S/C14H14ClNO3S2/c1-8-16(2)11-6-10(15)9(5-13(11)21-8)12(17)7-20-4-3-14(18)19/h5-6H,1,3-4,7H2,2H3,(H,18,19). The minimum atomic E-state index is -0.858. The molecule has 4 nitrogen and oxygen atoms in total. The van der Waals surface area contributed by atoms with Gasteiger partial charge in [0.05, 0.1) is 27.9 Å². The van der Waals surface area contributed by atoms with Crippen LogP contribution in [0.15, 0.2) is 28.6 Å². The summed E-state index contributed by atoms with van der Waals surface area (Å²) in [4.78, 5) is 25.5. The van der Waals surface area contributed by atoms with Gasteiger partial charge in [0.25, 0.3) is 0 Å². The molecule has 0 unspecified atom stereocenters. The summed E-state index contributed by atoms with van der Waals surface area (Å²) >= 11 is 9.00. The van der Waals surface area contributed by atoms with Gasteiger partial charge in [0.1, 0.15) is 0 Å². The fourth-order valence-electron chi connectivity index (χ4n) is 1.83. The van der Waals surface area contributed by atoms with Crippen LogP contribution in [0.2, 0.25) is 5.02 Å². The molecule has 112 valence electrons. The summed E-state index contributed by atoms with van der Waals surface area (Å²) in [5.74, 6) is -0.298. The number of Topliss-reactive ketones (excluding diaryl/α,β-unsaturated/α-hetero) is 1. The zero-order chi connectivity index (χ0) is 15.6. The monoisotopic (exact) mass is 343 g/mol. The van der Waals surface area contributed by atoms with Crippen molar-refractivity contribution in [2.24, 2.45) is 0 Å². The maximum Gasteiger partial charge on any atom is 0.304 e. The Morgan fingerprint density at radius 1 is 1.48 bits per heavy atom. The van der Waals surface area contributed by atoms with Crippen LogP contribution in [-0.2, 0) is 4.79 Å². The number of carbonyl (C=O) groups excluding carboxylic acids is 1. The molecule has 7 heteroatoms. The Hall–Kier alpha value is -1.11. The lowest BCUT2D eigenvalue weighted by Gasteiger charge is -2.13. The van der Waals surface area contributed by atoms with E-state index in [1.807, 2.05) is 11.9 Å². The van der Waals surface area contributed by atoms with Crippen molar-refractivity contribution >= 4 is 52.6 Å². The van der Waals surface area contributed by atoms with E-state index in [9.17, 15) is 9.59 Å². The third kappa shape index (κ3) is 3.75. The first kappa shape index (κ1) is 16.3. The van der Waals surface area contributed by atoms with Crippen LogP contribution in [0, 0.1) is 0 Å². The fraction of sp³-hybridized carbons (Fsp3) is 0.286. The molecule has 0 fully saturated rings. The van der Waals surface area contributed by atoms with Gasteiger partial charge >= 0.3 is 5.97 Å². The van der Waals surface area contributed by atoms with Gasteiger partial charge in [0, 0.05) is 23.3 Å². The Kier molecular flexibility index (Phi) is 5.24. The lowest BCUT2D eigenvalue weighted by atomic mass is 10.1. The van der Waals surface area contributed by atoms with Crippen LogP contribution in [0.1, 0.15) is 16.8 Å². The van der Waals surface area contributed by atoms with Crippen molar-refractivity contribution in [3.05, 3.63) is 34.3 Å². The maximum absolute atomic E-state index is 12.2. The van der Waals surface area contributed by atoms with Gasteiger partial charge in [0.15, 0.2) is 5.78 Å². The number of thioether (sulfide) groups is 2. The third-order valence-corrected chi connectivity index (χ3v) is 5.33. The second kappa shape index (κ2) is 6.77. The molecule has 0 saturated heterocycles. The van der Waals surface area contributed by atoms with Gasteiger partial charge in [-0.1, -0.05) is 29.9 Å². The Morgan fingerprint density at radius 2 is 2.19 bits per heavy atom. The van der Waals surface area contributed by atoms with E-state index in [0.717, 1.165) is 15.6 Å². The molecule has 0 aliphatic carbocycles. The number of fused-ring (bicyclic) bond motifs is 1. The molecule has 0 spiro atoms. The summed E-state index contributed by atoms with van der Waals surface area (Å²) in [7, 11) is 1.90. The summed E-state index contributed by atoms with van der Waals surface area (Å²) in [5.41, 5.74) is 1.43. The van der Waals surface area contributed by atoms with E-state index < -0.39 is 5.97 Å². The second-order valence-corrected chi connectivity index (χ2v) is 7.10. The van der Waals surface area contributed by atoms with Gasteiger partial charge in [-0.25, -0.2) is 0 Å². The maximum atomic E-state index is 12.2. The van der Waals surface area contributed by atoms with Crippen LogP contribution in [0.3, 0.4) is 0 Å². The second-order valence-electron chi connectivity index (χ2n) is 4.47. The molecule has 1 aromatic rings. The highest BCUT2D eigenvalue weighted by Gasteiger charge is 2.24. The molecule has 1 aliphatic heterocycles. The highest BCUT2D eigenvalue weighted by atomic mass is 35.5. The zero-order valence-electron chi connectivity index (χ0n) is 11.4. The van der Waals surface area contributed by atoms with E-state index >= 15 is 0 Å². The fourth-order valence-corrected chi connectivity index (χ4v) is 3.87. The molecule has 0 aromatic heterocycles. The Bertz CT molecular complexity index is 618. The number of hydrogen-bond donors (Lipinski definition) is 1. The van der Waals surface area contributed by atoms with Crippen molar-refractivity contribution in [1.82, 2.24) is 0 Å². The van der Waals surface area contributed by atoms with Crippen molar-refractivity contribution < 1.29 is 14.7 Å². The SMILES string of the molecule is C=C1Sc2cc(C(=O)CSCCC(=O)O)c(Cl)cc2N1C. The van der Waals surface area contributed by atoms with Crippen LogP contribution in [-0.4, -0.2) is 35.4 Å². The lowest BCUT2D eigenvalue weighted by molar-refractivity contribution is -0.136. The number of aliphatic carboxylic acids is 1. The number of carbonyl (C=O) groups is 2. The molecule has 0 bridgehead atoms. The highest BCUT2D eigenvalue weighted by molar-refractivity contribution is 8.03. The molecule has 0 radical (unpaired) electrons. The first-order valence-electron chi connectivity index (χ1n) is 6.17. The molecule has 1 aliphatic rings. The predicted octanol–water partition coefficient (Wildman–Crippen LogP) is 3.74. The van der Waals surface area contributed by atoms with Crippen molar-refractivity contribution in [1.29, 1.82) is 0 Å². The van der Waals surface area contributed by atoms with E-state index in [2.05, 4.69) is 6.58 Å². The lowest BCUT2D eigenvalue weighted by Crippen LogP contribution is -2.09. The van der Waals surface area contributed by atoms with Gasteiger partial charge in [-0.3, -0.25) is 9.59 Å². The average molecular weight is 344 g/mol. The van der Waals surface area contributed by atoms with E-state index in [-0.39, 0.29) is 18.0 Å². The largest absolute Gasteiger partial charge is 0.481 e. The normalized spacial score (nSPS) is 13.4. The van der Waals surface area contributed by atoms with Crippen LogP contribution in [0.25, 0.3) is 0 Å². The molecular weight excluding hydrogens is 330 g/mol.